The molecule has 2 heteroatoms. The maximum absolute atomic E-state index is 12.4. The van der Waals surface area contributed by atoms with Gasteiger partial charge in [-0.3, -0.25) is 4.79 Å². The van der Waals surface area contributed by atoms with E-state index in [2.05, 4.69) is 19.1 Å². The standard InChI is InChI=1S/C19H26O2/c1-19-11-4-7-17(19)16(18(20)10-12-19)9-8-14-5-3-6-15(13-14)21-2/h3,5-6,13,16-17H,4,7-12H2,1-2H3/t16-,17+,19+/m0/s1. The van der Waals surface area contributed by atoms with E-state index in [1.165, 1.54) is 24.8 Å². The Balaban J connectivity index is 1.69. The van der Waals surface area contributed by atoms with E-state index in [0.717, 1.165) is 31.4 Å². The Morgan fingerprint density at radius 1 is 1.33 bits per heavy atom. The smallest absolute Gasteiger partial charge is 0.136 e. The molecule has 0 aromatic heterocycles. The third kappa shape index (κ3) is 2.86. The summed E-state index contributed by atoms with van der Waals surface area (Å²) in [6.07, 6.45) is 7.80. The van der Waals surface area contributed by atoms with Gasteiger partial charge in [0.15, 0.2) is 0 Å². The van der Waals surface area contributed by atoms with E-state index in [1.807, 2.05) is 12.1 Å². The summed E-state index contributed by atoms with van der Waals surface area (Å²) in [6, 6.07) is 8.25. The molecule has 0 heterocycles. The van der Waals surface area contributed by atoms with Crippen molar-refractivity contribution >= 4 is 5.78 Å². The Hall–Kier alpha value is -1.31. The number of Topliss-reactive ketones (excluding diaryl/α,β-unsaturated/α-hetero) is 1. The van der Waals surface area contributed by atoms with Crippen LogP contribution in [0.25, 0.3) is 0 Å². The van der Waals surface area contributed by atoms with E-state index in [0.29, 0.717) is 17.1 Å². The number of hydrogen-bond acceptors (Lipinski definition) is 2. The van der Waals surface area contributed by atoms with Crippen molar-refractivity contribution in [2.24, 2.45) is 17.3 Å². The average Bonchev–Trinajstić information content (AvgIpc) is 2.89. The lowest BCUT2D eigenvalue weighted by molar-refractivity contribution is -0.130. The summed E-state index contributed by atoms with van der Waals surface area (Å²) in [5.74, 6) is 2.34. The molecule has 0 N–H and O–H groups in total. The minimum absolute atomic E-state index is 0.289. The molecule has 2 aliphatic rings. The molecule has 0 unspecified atom stereocenters. The number of aryl methyl sites for hydroxylation is 1. The number of carbonyl (C=O) groups is 1. The van der Waals surface area contributed by atoms with Crippen LogP contribution in [0.5, 0.6) is 5.75 Å². The minimum atomic E-state index is 0.289. The molecule has 0 bridgehead atoms. The lowest BCUT2D eigenvalue weighted by atomic mass is 9.63. The van der Waals surface area contributed by atoms with Gasteiger partial charge < -0.3 is 4.74 Å². The van der Waals surface area contributed by atoms with Gasteiger partial charge in [-0.2, -0.15) is 0 Å². The highest BCUT2D eigenvalue weighted by Gasteiger charge is 2.48. The quantitative estimate of drug-likeness (QED) is 0.819. The van der Waals surface area contributed by atoms with Gasteiger partial charge in [0.25, 0.3) is 0 Å². The fraction of sp³-hybridized carbons (Fsp3) is 0.632. The van der Waals surface area contributed by atoms with Crippen molar-refractivity contribution in [1.82, 2.24) is 0 Å². The van der Waals surface area contributed by atoms with Crippen LogP contribution in [0.3, 0.4) is 0 Å². The van der Waals surface area contributed by atoms with Gasteiger partial charge in [0.05, 0.1) is 7.11 Å². The molecule has 21 heavy (non-hydrogen) atoms. The summed E-state index contributed by atoms with van der Waals surface area (Å²) < 4.78 is 5.29. The van der Waals surface area contributed by atoms with Crippen molar-refractivity contribution in [2.75, 3.05) is 7.11 Å². The maximum Gasteiger partial charge on any atom is 0.136 e. The molecule has 3 rings (SSSR count). The first kappa shape index (κ1) is 14.6. The lowest BCUT2D eigenvalue weighted by Gasteiger charge is -2.41. The van der Waals surface area contributed by atoms with E-state index in [1.54, 1.807) is 7.11 Å². The van der Waals surface area contributed by atoms with Crippen molar-refractivity contribution < 1.29 is 9.53 Å². The van der Waals surface area contributed by atoms with E-state index < -0.39 is 0 Å². The van der Waals surface area contributed by atoms with Crippen LogP contribution in [-0.2, 0) is 11.2 Å². The predicted octanol–water partition coefficient (Wildman–Crippen LogP) is 4.41. The average molecular weight is 286 g/mol. The Morgan fingerprint density at radius 3 is 3.00 bits per heavy atom. The number of rotatable bonds is 4. The Labute approximate surface area is 127 Å². The van der Waals surface area contributed by atoms with Crippen LogP contribution in [0.15, 0.2) is 24.3 Å². The van der Waals surface area contributed by atoms with Crippen molar-refractivity contribution in [3.05, 3.63) is 29.8 Å². The van der Waals surface area contributed by atoms with Crippen molar-refractivity contribution in [3.8, 4) is 5.75 Å². The SMILES string of the molecule is COc1cccc(CC[C@@H]2C(=O)CC[C@@]3(C)CCC[C@H]23)c1. The normalized spacial score (nSPS) is 32.0. The zero-order valence-electron chi connectivity index (χ0n) is 13.2. The molecule has 3 atom stereocenters. The highest BCUT2D eigenvalue weighted by atomic mass is 16.5. The number of ether oxygens (including phenoxy) is 1. The topological polar surface area (TPSA) is 26.3 Å². The van der Waals surface area contributed by atoms with Gasteiger partial charge in [-0.05, 0) is 61.1 Å². The zero-order chi connectivity index (χ0) is 14.9. The van der Waals surface area contributed by atoms with Crippen molar-refractivity contribution in [3.63, 3.8) is 0 Å². The summed E-state index contributed by atoms with van der Waals surface area (Å²) in [5, 5.41) is 0. The molecular formula is C19H26O2. The molecule has 2 aliphatic carbocycles. The summed E-state index contributed by atoms with van der Waals surface area (Å²) in [7, 11) is 1.70. The van der Waals surface area contributed by atoms with E-state index >= 15 is 0 Å². The molecule has 0 amide bonds. The number of hydrogen-bond donors (Lipinski definition) is 0. The highest BCUT2D eigenvalue weighted by Crippen LogP contribution is 2.54. The fourth-order valence-corrected chi connectivity index (χ4v) is 4.59. The predicted molar refractivity (Wildman–Crippen MR) is 84.5 cm³/mol. The summed E-state index contributed by atoms with van der Waals surface area (Å²) in [6.45, 7) is 2.41. The van der Waals surface area contributed by atoms with Crippen LogP contribution in [0, 0.1) is 17.3 Å². The molecular weight excluding hydrogens is 260 g/mol. The van der Waals surface area contributed by atoms with Gasteiger partial charge in [-0.1, -0.05) is 25.5 Å². The van der Waals surface area contributed by atoms with Crippen molar-refractivity contribution in [1.29, 1.82) is 0 Å². The molecule has 0 spiro atoms. The Morgan fingerprint density at radius 2 is 2.19 bits per heavy atom. The second-order valence-corrected chi connectivity index (χ2v) is 7.12. The highest BCUT2D eigenvalue weighted by molar-refractivity contribution is 5.82. The molecule has 0 aliphatic heterocycles. The van der Waals surface area contributed by atoms with E-state index in [-0.39, 0.29) is 5.92 Å². The summed E-state index contributed by atoms with van der Waals surface area (Å²) in [5.41, 5.74) is 1.72. The van der Waals surface area contributed by atoms with E-state index in [9.17, 15) is 4.79 Å². The first-order valence-corrected chi connectivity index (χ1v) is 8.28. The second-order valence-electron chi connectivity index (χ2n) is 7.12. The Bertz CT molecular complexity index is 522. The third-order valence-corrected chi connectivity index (χ3v) is 5.88. The monoisotopic (exact) mass is 286 g/mol. The van der Waals surface area contributed by atoms with Gasteiger partial charge in [0, 0.05) is 12.3 Å². The van der Waals surface area contributed by atoms with Crippen LogP contribution in [0.4, 0.5) is 0 Å². The van der Waals surface area contributed by atoms with Gasteiger partial charge in [-0.25, -0.2) is 0 Å². The first-order chi connectivity index (χ1) is 10.1. The zero-order valence-corrected chi connectivity index (χ0v) is 13.2. The molecule has 114 valence electrons. The molecule has 0 radical (unpaired) electrons. The van der Waals surface area contributed by atoms with Gasteiger partial charge >= 0.3 is 0 Å². The number of carbonyl (C=O) groups excluding carboxylic acids is 1. The van der Waals surface area contributed by atoms with Crippen LogP contribution < -0.4 is 4.74 Å². The van der Waals surface area contributed by atoms with Gasteiger partial charge in [0.1, 0.15) is 11.5 Å². The van der Waals surface area contributed by atoms with Crippen LogP contribution in [-0.4, -0.2) is 12.9 Å². The molecule has 2 nitrogen and oxygen atoms in total. The largest absolute Gasteiger partial charge is 0.497 e. The van der Waals surface area contributed by atoms with Gasteiger partial charge in [-0.15, -0.1) is 0 Å². The number of benzene rings is 1. The van der Waals surface area contributed by atoms with Gasteiger partial charge in [0.2, 0.25) is 0 Å². The minimum Gasteiger partial charge on any atom is -0.497 e. The molecule has 1 aromatic rings. The van der Waals surface area contributed by atoms with Crippen LogP contribution in [0.2, 0.25) is 0 Å². The molecule has 2 fully saturated rings. The lowest BCUT2D eigenvalue weighted by Crippen LogP contribution is -2.38. The number of fused-ring (bicyclic) bond motifs is 1. The van der Waals surface area contributed by atoms with Crippen LogP contribution in [0.1, 0.15) is 51.0 Å². The fourth-order valence-electron chi connectivity index (χ4n) is 4.59. The third-order valence-electron chi connectivity index (χ3n) is 5.88. The summed E-state index contributed by atoms with van der Waals surface area (Å²) >= 11 is 0. The summed E-state index contributed by atoms with van der Waals surface area (Å²) in [4.78, 5) is 12.4. The number of ketones is 1. The van der Waals surface area contributed by atoms with Crippen LogP contribution >= 0.6 is 0 Å². The molecule has 2 saturated carbocycles. The Kier molecular flexibility index (Phi) is 4.05. The molecule has 1 aromatic carbocycles. The van der Waals surface area contributed by atoms with E-state index in [4.69, 9.17) is 4.74 Å². The molecule has 0 saturated heterocycles. The maximum atomic E-state index is 12.4. The number of methoxy groups -OCH3 is 1. The van der Waals surface area contributed by atoms with Crippen molar-refractivity contribution in [2.45, 2.75) is 51.9 Å². The second kappa shape index (κ2) is 5.82. The first-order valence-electron chi connectivity index (χ1n) is 8.28.